The van der Waals surface area contributed by atoms with E-state index in [2.05, 4.69) is 21.8 Å². The lowest BCUT2D eigenvalue weighted by Crippen LogP contribution is -1.90. The largest absolute Gasteiger partial charge is 0.277 e. The van der Waals surface area contributed by atoms with Crippen LogP contribution in [0, 0.1) is 0 Å². The number of nitrogens with one attached hydrogen (secondary N) is 1. The van der Waals surface area contributed by atoms with E-state index in [4.69, 9.17) is 0 Å². The molecule has 2 aromatic heterocycles. The maximum Gasteiger partial charge on any atom is 0.101 e. The van der Waals surface area contributed by atoms with Crippen LogP contribution in [0.5, 0.6) is 0 Å². The zero-order chi connectivity index (χ0) is 11.7. The van der Waals surface area contributed by atoms with Crippen molar-refractivity contribution in [2.75, 3.05) is 0 Å². The van der Waals surface area contributed by atoms with Crippen molar-refractivity contribution >= 4 is 16.5 Å². The molecule has 0 bridgehead atoms. The predicted octanol–water partition coefficient (Wildman–Crippen LogP) is 3.02. The smallest absolute Gasteiger partial charge is 0.101 e. The first-order valence-electron chi connectivity index (χ1n) is 5.40. The molecule has 0 amide bonds. The molecule has 1 aromatic carbocycles. The predicted molar refractivity (Wildman–Crippen MR) is 68.5 cm³/mol. The first kappa shape index (κ1) is 9.78. The van der Waals surface area contributed by atoms with Crippen molar-refractivity contribution in [2.45, 2.75) is 0 Å². The lowest BCUT2D eigenvalue weighted by atomic mass is 10.1. The van der Waals surface area contributed by atoms with E-state index in [0.717, 1.165) is 27.9 Å². The molecular weight excluding hydrogens is 210 g/mol. The number of aromatic amines is 1. The van der Waals surface area contributed by atoms with Gasteiger partial charge in [-0.25, -0.2) is 0 Å². The number of rotatable bonds is 2. The average Bonchev–Trinajstić information content (AvgIpc) is 2.83. The van der Waals surface area contributed by atoms with Gasteiger partial charge >= 0.3 is 0 Å². The highest BCUT2D eigenvalue weighted by atomic mass is 15.1. The van der Waals surface area contributed by atoms with Crippen LogP contribution in [0.1, 0.15) is 11.4 Å². The molecule has 0 radical (unpaired) electrons. The molecule has 0 spiro atoms. The summed E-state index contributed by atoms with van der Waals surface area (Å²) in [5.74, 6) is 0. The molecular formula is C14H11N3. The Morgan fingerprint density at radius 3 is 2.71 bits per heavy atom. The molecule has 0 saturated heterocycles. The lowest BCUT2D eigenvalue weighted by Gasteiger charge is -2.01. The zero-order valence-electron chi connectivity index (χ0n) is 9.22. The summed E-state index contributed by atoms with van der Waals surface area (Å²) < 4.78 is 0. The fraction of sp³-hybridized carbons (Fsp3) is 0. The number of fused-ring (bicyclic) bond motifs is 1. The van der Waals surface area contributed by atoms with Crippen LogP contribution < -0.4 is 0 Å². The first-order chi connectivity index (χ1) is 8.36. The number of benzene rings is 1. The van der Waals surface area contributed by atoms with Gasteiger partial charge in [0, 0.05) is 17.2 Å². The van der Waals surface area contributed by atoms with Crippen molar-refractivity contribution in [1.29, 1.82) is 0 Å². The van der Waals surface area contributed by atoms with Gasteiger partial charge in [-0.1, -0.05) is 30.8 Å². The maximum atomic E-state index is 4.31. The summed E-state index contributed by atoms with van der Waals surface area (Å²) >= 11 is 0. The van der Waals surface area contributed by atoms with Crippen molar-refractivity contribution in [3.8, 4) is 0 Å². The summed E-state index contributed by atoms with van der Waals surface area (Å²) in [6.07, 6.45) is 1.76. The fourth-order valence-corrected chi connectivity index (χ4v) is 1.86. The van der Waals surface area contributed by atoms with Gasteiger partial charge < -0.3 is 0 Å². The van der Waals surface area contributed by atoms with Gasteiger partial charge in [0.05, 0.1) is 11.2 Å². The van der Waals surface area contributed by atoms with E-state index in [-0.39, 0.29) is 0 Å². The van der Waals surface area contributed by atoms with Gasteiger partial charge in [0.1, 0.15) is 5.69 Å². The Morgan fingerprint density at radius 2 is 1.88 bits per heavy atom. The van der Waals surface area contributed by atoms with E-state index in [1.807, 2.05) is 42.5 Å². The Kier molecular flexibility index (Phi) is 2.22. The summed E-state index contributed by atoms with van der Waals surface area (Å²) in [4.78, 5) is 4.29. The van der Waals surface area contributed by atoms with E-state index < -0.39 is 0 Å². The molecule has 0 aliphatic rings. The van der Waals surface area contributed by atoms with Gasteiger partial charge in [-0.2, -0.15) is 5.10 Å². The van der Waals surface area contributed by atoms with Crippen LogP contribution in [0.4, 0.5) is 0 Å². The summed E-state index contributed by atoms with van der Waals surface area (Å²) in [5, 5.41) is 8.38. The second-order valence-electron chi connectivity index (χ2n) is 3.81. The van der Waals surface area contributed by atoms with Gasteiger partial charge in [-0.15, -0.1) is 0 Å². The number of hydrogen-bond donors (Lipinski definition) is 1. The molecule has 3 aromatic rings. The second kappa shape index (κ2) is 3.87. The molecule has 0 fully saturated rings. The average molecular weight is 221 g/mol. The highest BCUT2D eigenvalue weighted by Crippen LogP contribution is 2.24. The van der Waals surface area contributed by atoms with E-state index in [0.29, 0.717) is 0 Å². The lowest BCUT2D eigenvalue weighted by molar-refractivity contribution is 1.09. The van der Waals surface area contributed by atoms with Crippen LogP contribution in [-0.2, 0) is 0 Å². The molecule has 82 valence electrons. The van der Waals surface area contributed by atoms with Crippen LogP contribution >= 0.6 is 0 Å². The van der Waals surface area contributed by atoms with Crippen molar-refractivity contribution in [3.63, 3.8) is 0 Å². The maximum absolute atomic E-state index is 4.31. The SMILES string of the molecule is C=C(c1ccccn1)c1n[nH]c2ccccc12. The van der Waals surface area contributed by atoms with Gasteiger partial charge in [-0.3, -0.25) is 10.1 Å². The fourth-order valence-electron chi connectivity index (χ4n) is 1.86. The summed E-state index contributed by atoms with van der Waals surface area (Å²) in [6, 6.07) is 13.8. The number of aromatic nitrogens is 3. The second-order valence-corrected chi connectivity index (χ2v) is 3.81. The van der Waals surface area contributed by atoms with Crippen LogP contribution in [0.15, 0.2) is 55.2 Å². The van der Waals surface area contributed by atoms with E-state index in [9.17, 15) is 0 Å². The minimum Gasteiger partial charge on any atom is -0.277 e. The summed E-state index contributed by atoms with van der Waals surface area (Å²) in [7, 11) is 0. The molecule has 0 saturated carbocycles. The van der Waals surface area contributed by atoms with Crippen molar-refractivity contribution in [2.24, 2.45) is 0 Å². The summed E-state index contributed by atoms with van der Waals surface area (Å²) in [5.41, 5.74) is 3.56. The van der Waals surface area contributed by atoms with Gasteiger partial charge in [0.15, 0.2) is 0 Å². The summed E-state index contributed by atoms with van der Waals surface area (Å²) in [6.45, 7) is 4.07. The highest BCUT2D eigenvalue weighted by Gasteiger charge is 2.10. The molecule has 17 heavy (non-hydrogen) atoms. The monoisotopic (exact) mass is 221 g/mol. The normalized spacial score (nSPS) is 10.6. The number of para-hydroxylation sites is 1. The van der Waals surface area contributed by atoms with Crippen molar-refractivity contribution < 1.29 is 0 Å². The molecule has 3 nitrogen and oxygen atoms in total. The molecule has 3 rings (SSSR count). The Labute approximate surface area is 98.8 Å². The van der Waals surface area contributed by atoms with Crippen LogP contribution in [-0.4, -0.2) is 15.2 Å². The third-order valence-corrected chi connectivity index (χ3v) is 2.73. The van der Waals surface area contributed by atoms with Crippen LogP contribution in [0.3, 0.4) is 0 Å². The number of nitrogens with zero attached hydrogens (tertiary/aromatic N) is 2. The molecule has 2 heterocycles. The minimum absolute atomic E-state index is 0.836. The number of pyridine rings is 1. The number of H-pyrrole nitrogens is 1. The standard InChI is InChI=1S/C14H11N3/c1-10(12-7-4-5-9-15-12)14-11-6-2-3-8-13(11)16-17-14/h2-9H,1H2,(H,16,17). The van der Waals surface area contributed by atoms with Crippen molar-refractivity contribution in [3.05, 3.63) is 66.6 Å². The molecule has 0 unspecified atom stereocenters. The van der Waals surface area contributed by atoms with E-state index in [1.54, 1.807) is 6.20 Å². The van der Waals surface area contributed by atoms with Crippen LogP contribution in [0.25, 0.3) is 16.5 Å². The van der Waals surface area contributed by atoms with Gasteiger partial charge in [0.2, 0.25) is 0 Å². The first-order valence-corrected chi connectivity index (χ1v) is 5.40. The van der Waals surface area contributed by atoms with Gasteiger partial charge in [0.25, 0.3) is 0 Å². The highest BCUT2D eigenvalue weighted by molar-refractivity contribution is 5.93. The molecule has 0 atom stereocenters. The molecule has 0 aliphatic heterocycles. The Bertz CT molecular complexity index is 668. The number of hydrogen-bond acceptors (Lipinski definition) is 2. The van der Waals surface area contributed by atoms with E-state index in [1.165, 1.54) is 0 Å². The zero-order valence-corrected chi connectivity index (χ0v) is 9.22. The topological polar surface area (TPSA) is 41.6 Å². The quantitative estimate of drug-likeness (QED) is 0.722. The van der Waals surface area contributed by atoms with Crippen molar-refractivity contribution in [1.82, 2.24) is 15.2 Å². The minimum atomic E-state index is 0.836. The Balaban J connectivity index is 2.14. The molecule has 0 aliphatic carbocycles. The molecule has 1 N–H and O–H groups in total. The Hall–Kier alpha value is -2.42. The Morgan fingerprint density at radius 1 is 1.06 bits per heavy atom. The van der Waals surface area contributed by atoms with Crippen LogP contribution in [0.2, 0.25) is 0 Å². The van der Waals surface area contributed by atoms with E-state index >= 15 is 0 Å². The molecule has 3 heteroatoms. The van der Waals surface area contributed by atoms with Gasteiger partial charge in [-0.05, 0) is 18.2 Å². The third-order valence-electron chi connectivity index (χ3n) is 2.73. The third kappa shape index (κ3) is 1.61.